The van der Waals surface area contributed by atoms with E-state index in [1.54, 1.807) is 0 Å². The lowest BCUT2D eigenvalue weighted by Crippen LogP contribution is -2.39. The van der Waals surface area contributed by atoms with Crippen molar-refractivity contribution >= 4 is 45.2 Å². The van der Waals surface area contributed by atoms with E-state index in [0.29, 0.717) is 21.7 Å². The maximum atomic E-state index is 2.68. The first-order valence-electron chi connectivity index (χ1n) is 6.77. The molecule has 0 N–H and O–H groups in total. The summed E-state index contributed by atoms with van der Waals surface area (Å²) in [6.45, 7) is 15.1. The molecule has 0 amide bonds. The number of hydrogen-bond acceptors (Lipinski definition) is 0. The fourth-order valence-corrected chi connectivity index (χ4v) is 6.11. The minimum absolute atomic E-state index is 0.453. The lowest BCUT2D eigenvalue weighted by Gasteiger charge is -2.41. The van der Waals surface area contributed by atoms with Crippen LogP contribution >= 0.6 is 45.2 Å². The van der Waals surface area contributed by atoms with Gasteiger partial charge in [-0.1, -0.05) is 86.7 Å². The zero-order valence-electron chi connectivity index (χ0n) is 12.0. The van der Waals surface area contributed by atoms with Crippen LogP contribution in [0.2, 0.25) is 0 Å². The Hall–Kier alpha value is 1.46. The van der Waals surface area contributed by atoms with Gasteiger partial charge in [-0.25, -0.2) is 0 Å². The van der Waals surface area contributed by atoms with Crippen molar-refractivity contribution in [3.05, 3.63) is 0 Å². The summed E-state index contributed by atoms with van der Waals surface area (Å²) in [7, 11) is 0. The maximum Gasteiger partial charge on any atom is 0.0256 e. The molecule has 2 heteroatoms. The van der Waals surface area contributed by atoms with Gasteiger partial charge in [0.05, 0.1) is 0 Å². The summed E-state index contributed by atoms with van der Waals surface area (Å²) in [5, 5.41) is 0. The number of rotatable bonds is 4. The van der Waals surface area contributed by atoms with E-state index in [1.807, 2.05) is 0 Å². The summed E-state index contributed by atoms with van der Waals surface area (Å²) in [5.41, 5.74) is 2.20. The summed E-state index contributed by atoms with van der Waals surface area (Å²) in [6, 6.07) is 0. The Kier molecular flexibility index (Phi) is 3.48. The largest absolute Gasteiger partial charge is 0.0852 e. The second kappa shape index (κ2) is 3.98. The average Bonchev–Trinajstić information content (AvgIpc) is 3.04. The van der Waals surface area contributed by atoms with Crippen molar-refractivity contribution in [2.45, 2.75) is 58.3 Å². The zero-order valence-corrected chi connectivity index (χ0v) is 16.3. The van der Waals surface area contributed by atoms with E-state index in [-0.39, 0.29) is 0 Å². The van der Waals surface area contributed by atoms with Crippen LogP contribution in [-0.4, -0.2) is 8.35 Å². The molecule has 2 aliphatic carbocycles. The highest BCUT2D eigenvalue weighted by molar-refractivity contribution is 14.1. The molecule has 17 heavy (non-hydrogen) atoms. The van der Waals surface area contributed by atoms with E-state index in [0.717, 1.165) is 9.84 Å². The summed E-state index contributed by atoms with van der Waals surface area (Å²) < 4.78 is 2.05. The molecule has 2 saturated carbocycles. The van der Waals surface area contributed by atoms with E-state index in [1.165, 1.54) is 17.3 Å². The summed E-state index contributed by atoms with van der Waals surface area (Å²) in [6.07, 6.45) is 2.88. The molecule has 2 rings (SSSR count). The fourth-order valence-electron chi connectivity index (χ4n) is 4.32. The summed E-state index contributed by atoms with van der Waals surface area (Å²) in [4.78, 5) is 0. The van der Waals surface area contributed by atoms with E-state index >= 15 is 0 Å². The molecule has 0 unspecified atom stereocenters. The van der Waals surface area contributed by atoms with E-state index in [4.69, 9.17) is 0 Å². The molecular formula is C15H26I2. The Bertz CT molecular complexity index is 338. The first kappa shape index (κ1) is 14.9. The molecule has 0 aliphatic heterocycles. The standard InChI is InChI=1S/C15H26I2/c1-10-7-13(10,4)15(6)9-14(15,5)12(2,3)11(17)8-16/h10-11H,7-9H2,1-6H3/t10-,11+,13-,14+,15+/m0/s1. The lowest BCUT2D eigenvalue weighted by molar-refractivity contribution is 0.117. The second-order valence-electron chi connectivity index (χ2n) is 7.71. The molecule has 0 bridgehead atoms. The molecule has 0 radical (unpaired) electrons. The van der Waals surface area contributed by atoms with Crippen LogP contribution in [0.15, 0.2) is 0 Å². The maximum absolute atomic E-state index is 2.68. The fraction of sp³-hybridized carbons (Fsp3) is 1.00. The van der Waals surface area contributed by atoms with E-state index in [2.05, 4.69) is 86.7 Å². The van der Waals surface area contributed by atoms with Gasteiger partial charge < -0.3 is 0 Å². The molecule has 2 fully saturated rings. The van der Waals surface area contributed by atoms with Crippen molar-refractivity contribution in [3.63, 3.8) is 0 Å². The lowest BCUT2D eigenvalue weighted by atomic mass is 9.67. The first-order chi connectivity index (χ1) is 7.57. The Morgan fingerprint density at radius 1 is 1.29 bits per heavy atom. The third-order valence-corrected chi connectivity index (χ3v) is 11.6. The molecule has 5 atom stereocenters. The smallest absolute Gasteiger partial charge is 0.0256 e. The topological polar surface area (TPSA) is 0 Å². The van der Waals surface area contributed by atoms with Gasteiger partial charge in [0, 0.05) is 8.35 Å². The van der Waals surface area contributed by atoms with Crippen LogP contribution < -0.4 is 0 Å². The highest BCUT2D eigenvalue weighted by Gasteiger charge is 2.78. The Balaban J connectivity index is 2.25. The van der Waals surface area contributed by atoms with Gasteiger partial charge >= 0.3 is 0 Å². The molecule has 0 spiro atoms. The van der Waals surface area contributed by atoms with Crippen LogP contribution in [0.4, 0.5) is 0 Å². The monoisotopic (exact) mass is 460 g/mol. The van der Waals surface area contributed by atoms with Crippen molar-refractivity contribution in [2.75, 3.05) is 4.43 Å². The van der Waals surface area contributed by atoms with Crippen LogP contribution in [0.5, 0.6) is 0 Å². The zero-order chi connectivity index (χ0) is 13.3. The van der Waals surface area contributed by atoms with Gasteiger partial charge in [-0.2, -0.15) is 0 Å². The SMILES string of the molecule is C[C@H]1C[C@]1(C)[C@@]1(C)C[C@]1(C)C(C)(C)[C@H](I)CI. The van der Waals surface area contributed by atoms with Crippen LogP contribution in [0.3, 0.4) is 0 Å². The molecule has 0 aromatic heterocycles. The van der Waals surface area contributed by atoms with Gasteiger partial charge in [-0.15, -0.1) is 0 Å². The Labute approximate surface area is 134 Å². The Morgan fingerprint density at radius 3 is 2.12 bits per heavy atom. The molecule has 100 valence electrons. The third-order valence-electron chi connectivity index (χ3n) is 7.06. The third kappa shape index (κ3) is 1.71. The number of alkyl halides is 2. The first-order valence-corrected chi connectivity index (χ1v) is 9.54. The normalized spacial score (nSPS) is 51.2. The molecule has 0 saturated heterocycles. The molecular weight excluding hydrogens is 434 g/mol. The molecule has 0 heterocycles. The minimum Gasteiger partial charge on any atom is -0.0852 e. The molecule has 0 aromatic rings. The van der Waals surface area contributed by atoms with Crippen LogP contribution in [0, 0.1) is 27.6 Å². The van der Waals surface area contributed by atoms with Crippen molar-refractivity contribution in [3.8, 4) is 0 Å². The van der Waals surface area contributed by atoms with Crippen molar-refractivity contribution in [2.24, 2.45) is 27.6 Å². The van der Waals surface area contributed by atoms with Gasteiger partial charge in [0.2, 0.25) is 0 Å². The minimum atomic E-state index is 0.453. The predicted octanol–water partition coefficient (Wildman–Crippen LogP) is 5.71. The van der Waals surface area contributed by atoms with E-state index < -0.39 is 0 Å². The molecule has 2 aliphatic rings. The summed E-state index contributed by atoms with van der Waals surface area (Å²) >= 11 is 5.23. The van der Waals surface area contributed by atoms with Crippen LogP contribution in [0.1, 0.15) is 54.4 Å². The number of halogens is 2. The number of hydrogen-bond donors (Lipinski definition) is 0. The highest BCUT2D eigenvalue weighted by atomic mass is 127. The molecule has 0 nitrogen and oxygen atoms in total. The van der Waals surface area contributed by atoms with Gasteiger partial charge in [0.15, 0.2) is 0 Å². The van der Waals surface area contributed by atoms with Crippen molar-refractivity contribution < 1.29 is 0 Å². The van der Waals surface area contributed by atoms with Crippen LogP contribution in [-0.2, 0) is 0 Å². The van der Waals surface area contributed by atoms with Crippen molar-refractivity contribution in [1.29, 1.82) is 0 Å². The Morgan fingerprint density at radius 2 is 1.76 bits per heavy atom. The molecule has 0 aromatic carbocycles. The van der Waals surface area contributed by atoms with Crippen molar-refractivity contribution in [1.82, 2.24) is 0 Å². The van der Waals surface area contributed by atoms with Gasteiger partial charge in [-0.05, 0) is 40.4 Å². The quantitative estimate of drug-likeness (QED) is 0.373. The highest BCUT2D eigenvalue weighted by Crippen LogP contribution is 2.85. The van der Waals surface area contributed by atoms with Gasteiger partial charge in [0.1, 0.15) is 0 Å². The van der Waals surface area contributed by atoms with E-state index in [9.17, 15) is 0 Å². The van der Waals surface area contributed by atoms with Crippen LogP contribution in [0.25, 0.3) is 0 Å². The average molecular weight is 460 g/mol. The van der Waals surface area contributed by atoms with Gasteiger partial charge in [0.25, 0.3) is 0 Å². The predicted molar refractivity (Wildman–Crippen MR) is 93.2 cm³/mol. The van der Waals surface area contributed by atoms with Gasteiger partial charge in [-0.3, -0.25) is 0 Å². The second-order valence-corrected chi connectivity index (χ2v) is 10.1. The summed E-state index contributed by atoms with van der Waals surface area (Å²) in [5.74, 6) is 0.942.